The molecule has 0 saturated heterocycles. The molecule has 0 atom stereocenters. The number of aromatic nitrogens is 3. The Morgan fingerprint density at radius 3 is 2.79 bits per heavy atom. The summed E-state index contributed by atoms with van der Waals surface area (Å²) in [6.45, 7) is 4.18. The topological polar surface area (TPSA) is 38.7 Å². The molecule has 1 aromatic carbocycles. The highest BCUT2D eigenvalue weighted by Gasteiger charge is 2.14. The molecule has 3 aromatic rings. The third-order valence-electron chi connectivity index (χ3n) is 2.96. The van der Waals surface area contributed by atoms with E-state index in [1.165, 1.54) is 17.7 Å². The molecule has 0 saturated carbocycles. The van der Waals surface area contributed by atoms with Gasteiger partial charge < -0.3 is 0 Å². The summed E-state index contributed by atoms with van der Waals surface area (Å²) in [5, 5.41) is 3.26. The number of hydrogen-bond donors (Lipinski definition) is 0. The average Bonchev–Trinajstić information content (AvgIpc) is 2.88. The van der Waals surface area contributed by atoms with Crippen LogP contribution in [0.15, 0.2) is 29.9 Å². The minimum absolute atomic E-state index is 0.362. The molecule has 5 heteroatoms. The molecule has 3 rings (SSSR count). The molecule has 0 bridgehead atoms. The molecule has 2 heterocycles. The summed E-state index contributed by atoms with van der Waals surface area (Å²) in [5.74, 6) is -0.136. The van der Waals surface area contributed by atoms with Gasteiger partial charge in [0.25, 0.3) is 0 Å². The molecular formula is C14H12FN3S. The zero-order valence-electron chi connectivity index (χ0n) is 10.6. The van der Waals surface area contributed by atoms with Crippen molar-refractivity contribution in [2.24, 2.45) is 0 Å². The average molecular weight is 273 g/mol. The number of fused-ring (bicyclic) bond motifs is 1. The van der Waals surface area contributed by atoms with Crippen molar-refractivity contribution in [1.29, 1.82) is 0 Å². The highest BCUT2D eigenvalue weighted by Crippen LogP contribution is 2.32. The van der Waals surface area contributed by atoms with E-state index >= 15 is 0 Å². The van der Waals surface area contributed by atoms with Gasteiger partial charge in [0.1, 0.15) is 11.3 Å². The SMILES string of the molecule is CC(C)c1csc(-c2cccc3ncnc(F)c23)n1. The minimum Gasteiger partial charge on any atom is -0.241 e. The molecule has 0 fully saturated rings. The predicted octanol–water partition coefficient (Wildman–Crippen LogP) is 4.02. The Balaban J connectivity index is 2.24. The van der Waals surface area contributed by atoms with Gasteiger partial charge in [-0.15, -0.1) is 11.3 Å². The van der Waals surface area contributed by atoms with Crippen LogP contribution in [0.3, 0.4) is 0 Å². The summed E-state index contributed by atoms with van der Waals surface area (Å²) in [6.07, 6.45) is 1.24. The van der Waals surface area contributed by atoms with Crippen LogP contribution in [-0.4, -0.2) is 15.0 Å². The molecule has 0 N–H and O–H groups in total. The maximum atomic E-state index is 13.9. The number of rotatable bonds is 2. The van der Waals surface area contributed by atoms with E-state index in [-0.39, 0.29) is 0 Å². The molecule has 0 radical (unpaired) electrons. The Morgan fingerprint density at radius 1 is 1.21 bits per heavy atom. The summed E-state index contributed by atoms with van der Waals surface area (Å²) in [6, 6.07) is 5.50. The summed E-state index contributed by atoms with van der Waals surface area (Å²) >= 11 is 1.52. The first-order valence-corrected chi connectivity index (χ1v) is 6.90. The van der Waals surface area contributed by atoms with Crippen molar-refractivity contribution >= 4 is 22.2 Å². The summed E-state index contributed by atoms with van der Waals surface area (Å²) in [7, 11) is 0. The summed E-state index contributed by atoms with van der Waals surface area (Å²) < 4.78 is 13.9. The Bertz CT molecular complexity index is 731. The zero-order valence-corrected chi connectivity index (χ0v) is 11.4. The molecule has 19 heavy (non-hydrogen) atoms. The Labute approximate surface area is 114 Å². The smallest absolute Gasteiger partial charge is 0.224 e. The minimum atomic E-state index is -0.498. The number of halogens is 1. The van der Waals surface area contributed by atoms with Crippen LogP contribution in [0.1, 0.15) is 25.5 Å². The lowest BCUT2D eigenvalue weighted by Crippen LogP contribution is -1.92. The van der Waals surface area contributed by atoms with Gasteiger partial charge in [-0.2, -0.15) is 4.39 Å². The maximum absolute atomic E-state index is 13.9. The van der Waals surface area contributed by atoms with E-state index in [9.17, 15) is 4.39 Å². The molecule has 0 aliphatic carbocycles. The van der Waals surface area contributed by atoms with E-state index in [1.807, 2.05) is 17.5 Å². The Hall–Kier alpha value is -1.88. The zero-order chi connectivity index (χ0) is 13.4. The van der Waals surface area contributed by atoms with Crippen molar-refractivity contribution in [2.45, 2.75) is 19.8 Å². The van der Waals surface area contributed by atoms with Crippen molar-refractivity contribution in [3.05, 3.63) is 41.5 Å². The summed E-state index contributed by atoms with van der Waals surface area (Å²) in [5.41, 5.74) is 2.38. The molecule has 0 aliphatic heterocycles. The van der Waals surface area contributed by atoms with Crippen molar-refractivity contribution < 1.29 is 4.39 Å². The highest BCUT2D eigenvalue weighted by atomic mass is 32.1. The second-order valence-electron chi connectivity index (χ2n) is 4.60. The molecule has 0 unspecified atom stereocenters. The molecule has 0 spiro atoms. The van der Waals surface area contributed by atoms with Gasteiger partial charge in [0.2, 0.25) is 5.95 Å². The van der Waals surface area contributed by atoms with E-state index in [2.05, 4.69) is 28.8 Å². The van der Waals surface area contributed by atoms with E-state index in [0.717, 1.165) is 16.3 Å². The van der Waals surface area contributed by atoms with Crippen molar-refractivity contribution in [2.75, 3.05) is 0 Å². The van der Waals surface area contributed by atoms with Gasteiger partial charge in [0.05, 0.1) is 16.6 Å². The van der Waals surface area contributed by atoms with E-state index < -0.39 is 5.95 Å². The third-order valence-corrected chi connectivity index (χ3v) is 3.85. The first-order chi connectivity index (χ1) is 9.16. The van der Waals surface area contributed by atoms with Crippen LogP contribution in [0.2, 0.25) is 0 Å². The van der Waals surface area contributed by atoms with Gasteiger partial charge in [0.15, 0.2) is 0 Å². The van der Waals surface area contributed by atoms with Crippen LogP contribution in [0.25, 0.3) is 21.5 Å². The van der Waals surface area contributed by atoms with Gasteiger partial charge >= 0.3 is 0 Å². The van der Waals surface area contributed by atoms with Crippen molar-refractivity contribution in [3.63, 3.8) is 0 Å². The second kappa shape index (κ2) is 4.66. The fourth-order valence-electron chi connectivity index (χ4n) is 1.92. The number of nitrogens with zero attached hydrogens (tertiary/aromatic N) is 3. The van der Waals surface area contributed by atoms with Gasteiger partial charge in [-0.1, -0.05) is 26.0 Å². The Kier molecular flexibility index (Phi) is 2.98. The lowest BCUT2D eigenvalue weighted by Gasteiger charge is -2.03. The number of benzene rings is 1. The first kappa shape index (κ1) is 12.2. The molecular weight excluding hydrogens is 261 g/mol. The number of hydrogen-bond acceptors (Lipinski definition) is 4. The molecule has 3 nitrogen and oxygen atoms in total. The third kappa shape index (κ3) is 2.10. The van der Waals surface area contributed by atoms with Crippen LogP contribution in [0.5, 0.6) is 0 Å². The lowest BCUT2D eigenvalue weighted by atomic mass is 10.1. The maximum Gasteiger partial charge on any atom is 0.224 e. The van der Waals surface area contributed by atoms with Crippen LogP contribution in [-0.2, 0) is 0 Å². The fraction of sp³-hybridized carbons (Fsp3) is 0.214. The van der Waals surface area contributed by atoms with Crippen LogP contribution < -0.4 is 0 Å². The van der Waals surface area contributed by atoms with Gasteiger partial charge in [-0.25, -0.2) is 15.0 Å². The molecule has 0 amide bonds. The predicted molar refractivity (Wildman–Crippen MR) is 74.7 cm³/mol. The second-order valence-corrected chi connectivity index (χ2v) is 5.45. The van der Waals surface area contributed by atoms with Crippen LogP contribution in [0.4, 0.5) is 4.39 Å². The standard InChI is InChI=1S/C14H12FN3S/c1-8(2)11-6-19-14(18-11)9-4-3-5-10-12(9)13(15)17-7-16-10/h3-8H,1-2H3. The summed E-state index contributed by atoms with van der Waals surface area (Å²) in [4.78, 5) is 12.3. The normalized spacial score (nSPS) is 11.4. The fourth-order valence-corrected chi connectivity index (χ4v) is 2.94. The van der Waals surface area contributed by atoms with E-state index in [0.29, 0.717) is 16.8 Å². The highest BCUT2D eigenvalue weighted by molar-refractivity contribution is 7.13. The number of thiazole rings is 1. The van der Waals surface area contributed by atoms with Crippen molar-refractivity contribution in [1.82, 2.24) is 15.0 Å². The van der Waals surface area contributed by atoms with Crippen LogP contribution >= 0.6 is 11.3 Å². The molecule has 96 valence electrons. The lowest BCUT2D eigenvalue weighted by molar-refractivity contribution is 0.594. The first-order valence-electron chi connectivity index (χ1n) is 6.02. The van der Waals surface area contributed by atoms with E-state index in [1.54, 1.807) is 6.07 Å². The monoisotopic (exact) mass is 273 g/mol. The van der Waals surface area contributed by atoms with Gasteiger partial charge in [-0.3, -0.25) is 0 Å². The van der Waals surface area contributed by atoms with Gasteiger partial charge in [-0.05, 0) is 12.0 Å². The van der Waals surface area contributed by atoms with Crippen LogP contribution in [0, 0.1) is 5.95 Å². The molecule has 0 aliphatic rings. The largest absolute Gasteiger partial charge is 0.241 e. The van der Waals surface area contributed by atoms with Gasteiger partial charge in [0, 0.05) is 10.9 Å². The quantitative estimate of drug-likeness (QED) is 0.662. The molecule has 2 aromatic heterocycles. The Morgan fingerprint density at radius 2 is 2.05 bits per heavy atom. The van der Waals surface area contributed by atoms with Crippen molar-refractivity contribution in [3.8, 4) is 10.6 Å². The van der Waals surface area contributed by atoms with E-state index in [4.69, 9.17) is 0 Å².